The van der Waals surface area contributed by atoms with E-state index >= 15 is 0 Å². The first kappa shape index (κ1) is 13.7. The van der Waals surface area contributed by atoms with E-state index in [4.69, 9.17) is 10.4 Å². The minimum atomic E-state index is -0.483. The van der Waals surface area contributed by atoms with Gasteiger partial charge in [-0.2, -0.15) is 5.26 Å². The summed E-state index contributed by atoms with van der Waals surface area (Å²) in [5, 5.41) is 21.4. The van der Waals surface area contributed by atoms with Gasteiger partial charge in [-0.15, -0.1) is 11.3 Å². The van der Waals surface area contributed by atoms with Crippen LogP contribution in [0.25, 0.3) is 0 Å². The third-order valence-electron chi connectivity index (χ3n) is 2.54. The quantitative estimate of drug-likeness (QED) is 0.863. The van der Waals surface area contributed by atoms with Crippen molar-refractivity contribution in [2.75, 3.05) is 5.32 Å². The van der Waals surface area contributed by atoms with Crippen molar-refractivity contribution in [1.82, 2.24) is 0 Å². The summed E-state index contributed by atoms with van der Waals surface area (Å²) in [4.78, 5) is 12.6. The van der Waals surface area contributed by atoms with Crippen LogP contribution in [-0.2, 0) is 4.79 Å². The molecule has 1 rings (SSSR count). The fourth-order valence-corrected chi connectivity index (χ4v) is 2.41. The minimum Gasteiger partial charge on any atom is -0.393 e. The highest BCUT2D eigenvalue weighted by Gasteiger charge is 2.14. The molecular weight excluding hydrogens is 236 g/mol. The van der Waals surface area contributed by atoms with Crippen LogP contribution in [0.15, 0.2) is 0 Å². The van der Waals surface area contributed by atoms with E-state index in [2.05, 4.69) is 11.4 Å². The van der Waals surface area contributed by atoms with Crippen LogP contribution in [0, 0.1) is 25.2 Å². The molecule has 0 radical (unpaired) electrons. The Kier molecular flexibility index (Phi) is 4.67. The topological polar surface area (TPSA) is 73.1 Å². The lowest BCUT2D eigenvalue weighted by Crippen LogP contribution is -2.13. The molecule has 0 aromatic carbocycles. The van der Waals surface area contributed by atoms with Gasteiger partial charge in [0.15, 0.2) is 0 Å². The zero-order chi connectivity index (χ0) is 13.0. The standard InChI is InChI=1S/C12H16N2O2S/c1-7(15)4-5-11(16)14-12-10(6-13)8(2)9(3)17-12/h7,15H,4-5H2,1-3H3,(H,14,16). The molecular formula is C12H16N2O2S. The van der Waals surface area contributed by atoms with E-state index in [1.807, 2.05) is 13.8 Å². The van der Waals surface area contributed by atoms with Crippen molar-refractivity contribution in [3.8, 4) is 6.07 Å². The van der Waals surface area contributed by atoms with Gasteiger partial charge < -0.3 is 10.4 Å². The number of aryl methyl sites for hydroxylation is 1. The Morgan fingerprint density at radius 3 is 2.76 bits per heavy atom. The third kappa shape index (κ3) is 3.55. The Hall–Kier alpha value is -1.38. The average molecular weight is 252 g/mol. The van der Waals surface area contributed by atoms with E-state index in [9.17, 15) is 4.79 Å². The lowest BCUT2D eigenvalue weighted by Gasteiger charge is -2.04. The van der Waals surface area contributed by atoms with E-state index in [0.717, 1.165) is 10.4 Å². The van der Waals surface area contributed by atoms with Crippen LogP contribution >= 0.6 is 11.3 Å². The highest BCUT2D eigenvalue weighted by atomic mass is 32.1. The zero-order valence-electron chi connectivity index (χ0n) is 10.2. The number of nitriles is 1. The van der Waals surface area contributed by atoms with E-state index in [1.54, 1.807) is 6.92 Å². The normalized spacial score (nSPS) is 11.9. The first-order chi connectivity index (χ1) is 7.95. The number of aliphatic hydroxyl groups is 1. The molecule has 4 nitrogen and oxygen atoms in total. The second-order valence-corrected chi connectivity index (χ2v) is 5.26. The van der Waals surface area contributed by atoms with Gasteiger partial charge in [0, 0.05) is 11.3 Å². The largest absolute Gasteiger partial charge is 0.393 e. The van der Waals surface area contributed by atoms with Crippen LogP contribution < -0.4 is 5.32 Å². The van der Waals surface area contributed by atoms with Gasteiger partial charge in [-0.3, -0.25) is 4.79 Å². The lowest BCUT2D eigenvalue weighted by atomic mass is 10.2. The van der Waals surface area contributed by atoms with Crippen LogP contribution in [0.1, 0.15) is 35.8 Å². The van der Waals surface area contributed by atoms with Gasteiger partial charge in [-0.1, -0.05) is 0 Å². The molecule has 0 aliphatic rings. The predicted octanol–water partition coefficient (Wildman–Crippen LogP) is 2.34. The Morgan fingerprint density at radius 1 is 1.59 bits per heavy atom. The molecule has 0 saturated heterocycles. The molecule has 0 spiro atoms. The summed E-state index contributed by atoms with van der Waals surface area (Å²) in [5.41, 5.74) is 1.46. The molecule has 0 aliphatic carbocycles. The van der Waals surface area contributed by atoms with Gasteiger partial charge in [-0.05, 0) is 32.8 Å². The number of rotatable bonds is 4. The molecule has 1 atom stereocenters. The van der Waals surface area contributed by atoms with Crippen LogP contribution in [-0.4, -0.2) is 17.1 Å². The summed E-state index contributed by atoms with van der Waals surface area (Å²) in [5.74, 6) is -0.163. The monoisotopic (exact) mass is 252 g/mol. The van der Waals surface area contributed by atoms with Crippen molar-refractivity contribution in [2.24, 2.45) is 0 Å². The first-order valence-electron chi connectivity index (χ1n) is 5.43. The van der Waals surface area contributed by atoms with Crippen LogP contribution in [0.4, 0.5) is 5.00 Å². The molecule has 0 aliphatic heterocycles. The highest BCUT2D eigenvalue weighted by molar-refractivity contribution is 7.16. The number of amides is 1. The van der Waals surface area contributed by atoms with E-state index in [1.165, 1.54) is 11.3 Å². The number of anilines is 1. The molecule has 5 heteroatoms. The van der Waals surface area contributed by atoms with Gasteiger partial charge in [0.05, 0.1) is 11.7 Å². The van der Waals surface area contributed by atoms with Crippen molar-refractivity contribution in [2.45, 2.75) is 39.7 Å². The van der Waals surface area contributed by atoms with Gasteiger partial charge in [-0.25, -0.2) is 0 Å². The fraction of sp³-hybridized carbons (Fsp3) is 0.500. The summed E-state index contributed by atoms with van der Waals surface area (Å²) in [6.07, 6.45) is 0.207. The SMILES string of the molecule is Cc1sc(NC(=O)CCC(C)O)c(C#N)c1C. The molecule has 1 aromatic heterocycles. The first-order valence-corrected chi connectivity index (χ1v) is 6.25. The van der Waals surface area contributed by atoms with Crippen molar-refractivity contribution in [3.05, 3.63) is 16.0 Å². The van der Waals surface area contributed by atoms with Crippen molar-refractivity contribution >= 4 is 22.2 Å². The Balaban J connectivity index is 2.72. The maximum atomic E-state index is 11.6. The van der Waals surface area contributed by atoms with Gasteiger partial charge >= 0.3 is 0 Å². The summed E-state index contributed by atoms with van der Waals surface area (Å²) in [6, 6.07) is 2.10. The number of thiophene rings is 1. The molecule has 0 bridgehead atoms. The maximum absolute atomic E-state index is 11.6. The van der Waals surface area contributed by atoms with Gasteiger partial charge in [0.2, 0.25) is 5.91 Å². The second kappa shape index (κ2) is 5.80. The Bertz CT molecular complexity index is 458. The second-order valence-electron chi connectivity index (χ2n) is 4.04. The van der Waals surface area contributed by atoms with E-state index in [-0.39, 0.29) is 12.3 Å². The predicted molar refractivity (Wildman–Crippen MR) is 68.1 cm³/mol. The summed E-state index contributed by atoms with van der Waals surface area (Å²) in [7, 11) is 0. The third-order valence-corrected chi connectivity index (χ3v) is 3.66. The van der Waals surface area contributed by atoms with Crippen molar-refractivity contribution in [1.29, 1.82) is 5.26 Å². The number of carbonyl (C=O) groups excluding carboxylic acids is 1. The summed E-state index contributed by atoms with van der Waals surface area (Å²) in [6.45, 7) is 5.44. The molecule has 1 aromatic rings. The maximum Gasteiger partial charge on any atom is 0.225 e. The molecule has 17 heavy (non-hydrogen) atoms. The molecule has 1 unspecified atom stereocenters. The van der Waals surface area contributed by atoms with Gasteiger partial charge in [0.1, 0.15) is 11.1 Å². The number of nitrogens with one attached hydrogen (secondary N) is 1. The smallest absolute Gasteiger partial charge is 0.225 e. The fourth-order valence-electron chi connectivity index (χ4n) is 1.38. The zero-order valence-corrected chi connectivity index (χ0v) is 11.0. The molecule has 2 N–H and O–H groups in total. The number of aliphatic hydroxyl groups excluding tert-OH is 1. The average Bonchev–Trinajstić information content (AvgIpc) is 2.51. The lowest BCUT2D eigenvalue weighted by molar-refractivity contribution is -0.116. The van der Waals surface area contributed by atoms with Gasteiger partial charge in [0.25, 0.3) is 0 Å². The van der Waals surface area contributed by atoms with E-state index in [0.29, 0.717) is 17.0 Å². The summed E-state index contributed by atoms with van der Waals surface area (Å²) >= 11 is 1.41. The molecule has 0 fully saturated rings. The summed E-state index contributed by atoms with van der Waals surface area (Å²) < 4.78 is 0. The minimum absolute atomic E-state index is 0.163. The number of hydrogen-bond acceptors (Lipinski definition) is 4. The molecule has 0 saturated carbocycles. The molecule has 92 valence electrons. The van der Waals surface area contributed by atoms with Crippen molar-refractivity contribution in [3.63, 3.8) is 0 Å². The highest BCUT2D eigenvalue weighted by Crippen LogP contribution is 2.31. The Labute approximate surface area is 105 Å². The van der Waals surface area contributed by atoms with Crippen molar-refractivity contribution < 1.29 is 9.90 Å². The molecule has 1 heterocycles. The van der Waals surface area contributed by atoms with Crippen LogP contribution in [0.2, 0.25) is 0 Å². The van der Waals surface area contributed by atoms with Crippen LogP contribution in [0.3, 0.4) is 0 Å². The number of carbonyl (C=O) groups is 1. The van der Waals surface area contributed by atoms with Crippen LogP contribution in [0.5, 0.6) is 0 Å². The number of hydrogen-bond donors (Lipinski definition) is 2. The molecule has 1 amide bonds. The Morgan fingerprint density at radius 2 is 2.24 bits per heavy atom. The number of nitrogens with zero attached hydrogens (tertiary/aromatic N) is 1. The van der Waals surface area contributed by atoms with E-state index < -0.39 is 6.10 Å².